The van der Waals surface area contributed by atoms with Crippen LogP contribution in [0.4, 0.5) is 5.69 Å². The lowest BCUT2D eigenvalue weighted by Crippen LogP contribution is -2.31. The zero-order valence-electron chi connectivity index (χ0n) is 14.8. The van der Waals surface area contributed by atoms with Gasteiger partial charge in [0.1, 0.15) is 0 Å². The highest BCUT2D eigenvalue weighted by Crippen LogP contribution is 2.30. The number of nitrogens with zero attached hydrogens (tertiary/aromatic N) is 1. The Kier molecular flexibility index (Phi) is 8.39. The Labute approximate surface area is 144 Å². The van der Waals surface area contributed by atoms with Crippen molar-refractivity contribution in [2.24, 2.45) is 4.99 Å². The Morgan fingerprint density at radius 1 is 1.21 bits per heavy atom. The fourth-order valence-corrected chi connectivity index (χ4v) is 2.56. The quantitative estimate of drug-likeness (QED) is 0.518. The minimum atomic E-state index is -3.02. The summed E-state index contributed by atoms with van der Waals surface area (Å²) >= 11 is 0. The molecular formula is C16H27N3O4S. The SMILES string of the molecule is CCNC(=NCCS(=O)(=O)CC)Nc1ccc(OCC)c(OC)c1. The normalized spacial score (nSPS) is 11.9. The molecule has 0 bridgehead atoms. The van der Waals surface area contributed by atoms with E-state index in [0.29, 0.717) is 30.6 Å². The van der Waals surface area contributed by atoms with Crippen molar-refractivity contribution in [1.82, 2.24) is 5.32 Å². The summed E-state index contributed by atoms with van der Waals surface area (Å²) in [6.45, 7) is 6.92. The molecule has 0 fully saturated rings. The molecule has 0 aromatic heterocycles. The monoisotopic (exact) mass is 357 g/mol. The predicted molar refractivity (Wildman–Crippen MR) is 98.1 cm³/mol. The van der Waals surface area contributed by atoms with Gasteiger partial charge in [0.25, 0.3) is 0 Å². The van der Waals surface area contributed by atoms with Crippen molar-refractivity contribution < 1.29 is 17.9 Å². The molecule has 0 atom stereocenters. The highest BCUT2D eigenvalue weighted by atomic mass is 32.2. The summed E-state index contributed by atoms with van der Waals surface area (Å²) in [5, 5.41) is 6.22. The Bertz CT molecular complexity index is 645. The van der Waals surface area contributed by atoms with Crippen molar-refractivity contribution in [3.8, 4) is 11.5 Å². The van der Waals surface area contributed by atoms with Crippen molar-refractivity contribution in [2.45, 2.75) is 20.8 Å². The topological polar surface area (TPSA) is 89.0 Å². The van der Waals surface area contributed by atoms with E-state index in [4.69, 9.17) is 9.47 Å². The van der Waals surface area contributed by atoms with Gasteiger partial charge in [-0.25, -0.2) is 8.42 Å². The number of nitrogens with one attached hydrogen (secondary N) is 2. The zero-order valence-corrected chi connectivity index (χ0v) is 15.6. The molecular weight excluding hydrogens is 330 g/mol. The number of sulfone groups is 1. The standard InChI is InChI=1S/C16H27N3O4S/c1-5-17-16(18-10-11-24(20,21)7-3)19-13-8-9-14(23-6-2)15(12-13)22-4/h8-9,12H,5-7,10-11H2,1-4H3,(H2,17,18,19). The number of benzene rings is 1. The van der Waals surface area contributed by atoms with E-state index in [1.165, 1.54) is 0 Å². The summed E-state index contributed by atoms with van der Waals surface area (Å²) in [4.78, 5) is 4.30. The van der Waals surface area contributed by atoms with Gasteiger partial charge in [0.05, 0.1) is 26.0 Å². The molecule has 24 heavy (non-hydrogen) atoms. The van der Waals surface area contributed by atoms with E-state index in [1.54, 1.807) is 20.1 Å². The number of rotatable bonds is 9. The minimum absolute atomic E-state index is 0.0344. The van der Waals surface area contributed by atoms with Crippen molar-refractivity contribution in [3.63, 3.8) is 0 Å². The smallest absolute Gasteiger partial charge is 0.195 e. The Morgan fingerprint density at radius 2 is 1.96 bits per heavy atom. The summed E-state index contributed by atoms with van der Waals surface area (Å²) in [5.74, 6) is 1.97. The third-order valence-electron chi connectivity index (χ3n) is 3.18. The predicted octanol–water partition coefficient (Wildman–Crippen LogP) is 1.91. The lowest BCUT2D eigenvalue weighted by atomic mass is 10.2. The van der Waals surface area contributed by atoms with E-state index < -0.39 is 9.84 Å². The first kappa shape index (κ1) is 20.1. The highest BCUT2D eigenvalue weighted by Gasteiger charge is 2.08. The first-order valence-corrected chi connectivity index (χ1v) is 9.84. The molecule has 0 heterocycles. The minimum Gasteiger partial charge on any atom is -0.493 e. The van der Waals surface area contributed by atoms with E-state index in [9.17, 15) is 8.42 Å². The molecule has 2 N–H and O–H groups in total. The summed E-state index contributed by atoms with van der Waals surface area (Å²) < 4.78 is 33.9. The van der Waals surface area contributed by atoms with Gasteiger partial charge in [-0.1, -0.05) is 6.92 Å². The van der Waals surface area contributed by atoms with Crippen molar-refractivity contribution in [2.75, 3.05) is 43.6 Å². The molecule has 0 saturated heterocycles. The van der Waals surface area contributed by atoms with Gasteiger partial charge in [-0.2, -0.15) is 0 Å². The molecule has 1 aromatic rings. The number of hydrogen-bond donors (Lipinski definition) is 2. The van der Waals surface area contributed by atoms with Crippen molar-refractivity contribution >= 4 is 21.5 Å². The molecule has 0 spiro atoms. The third-order valence-corrected chi connectivity index (χ3v) is 4.87. The van der Waals surface area contributed by atoms with Crippen molar-refractivity contribution in [3.05, 3.63) is 18.2 Å². The molecule has 1 aromatic carbocycles. The van der Waals surface area contributed by atoms with Gasteiger partial charge in [0, 0.05) is 24.1 Å². The number of hydrogen-bond acceptors (Lipinski definition) is 5. The van der Waals surface area contributed by atoms with E-state index in [1.807, 2.05) is 26.0 Å². The van der Waals surface area contributed by atoms with Crippen LogP contribution in [0.2, 0.25) is 0 Å². The van der Waals surface area contributed by atoms with Gasteiger partial charge < -0.3 is 20.1 Å². The number of ether oxygens (including phenoxy) is 2. The van der Waals surface area contributed by atoms with Crippen LogP contribution in [-0.2, 0) is 9.84 Å². The highest BCUT2D eigenvalue weighted by molar-refractivity contribution is 7.91. The first-order valence-electron chi connectivity index (χ1n) is 8.02. The number of guanidine groups is 1. The maximum atomic E-state index is 11.5. The van der Waals surface area contributed by atoms with E-state index in [2.05, 4.69) is 15.6 Å². The van der Waals surface area contributed by atoms with E-state index >= 15 is 0 Å². The second-order valence-electron chi connectivity index (χ2n) is 4.92. The molecule has 0 unspecified atom stereocenters. The molecule has 0 aliphatic heterocycles. The molecule has 8 heteroatoms. The fraction of sp³-hybridized carbons (Fsp3) is 0.562. The van der Waals surface area contributed by atoms with Crippen LogP contribution in [-0.4, -0.2) is 52.7 Å². The van der Waals surface area contributed by atoms with Crippen molar-refractivity contribution in [1.29, 1.82) is 0 Å². The van der Waals surface area contributed by atoms with Gasteiger partial charge in [-0.05, 0) is 26.0 Å². The second kappa shape index (κ2) is 10.0. The summed E-state index contributed by atoms with van der Waals surface area (Å²) in [5.41, 5.74) is 0.772. The maximum Gasteiger partial charge on any atom is 0.195 e. The van der Waals surface area contributed by atoms with Crippen LogP contribution in [0.25, 0.3) is 0 Å². The summed E-state index contributed by atoms with van der Waals surface area (Å²) in [7, 11) is -1.44. The zero-order chi connectivity index (χ0) is 18.0. The number of anilines is 1. The molecule has 0 saturated carbocycles. The van der Waals surface area contributed by atoms with Crippen LogP contribution in [0.5, 0.6) is 11.5 Å². The molecule has 0 aliphatic carbocycles. The molecule has 7 nitrogen and oxygen atoms in total. The number of aliphatic imine (C=N–C) groups is 1. The molecule has 1 rings (SSSR count). The Morgan fingerprint density at radius 3 is 2.54 bits per heavy atom. The van der Waals surface area contributed by atoms with Crippen LogP contribution in [0.1, 0.15) is 20.8 Å². The van der Waals surface area contributed by atoms with Crippen LogP contribution in [0.15, 0.2) is 23.2 Å². The van der Waals surface area contributed by atoms with E-state index in [-0.39, 0.29) is 18.1 Å². The molecule has 0 amide bonds. The van der Waals surface area contributed by atoms with Crippen LogP contribution in [0.3, 0.4) is 0 Å². The third kappa shape index (κ3) is 6.66. The Hall–Kier alpha value is -1.96. The van der Waals surface area contributed by atoms with E-state index in [0.717, 1.165) is 5.69 Å². The average Bonchev–Trinajstić information content (AvgIpc) is 2.56. The van der Waals surface area contributed by atoms with Gasteiger partial charge in [0.15, 0.2) is 27.3 Å². The van der Waals surface area contributed by atoms with Crippen LogP contribution in [0, 0.1) is 0 Å². The van der Waals surface area contributed by atoms with Gasteiger partial charge >= 0.3 is 0 Å². The summed E-state index contributed by atoms with van der Waals surface area (Å²) in [6.07, 6.45) is 0. The van der Waals surface area contributed by atoms with Gasteiger partial charge in [0.2, 0.25) is 0 Å². The number of methoxy groups -OCH3 is 1. The Balaban J connectivity index is 2.84. The maximum absolute atomic E-state index is 11.5. The second-order valence-corrected chi connectivity index (χ2v) is 7.39. The van der Waals surface area contributed by atoms with Crippen LogP contribution >= 0.6 is 0 Å². The lowest BCUT2D eigenvalue weighted by Gasteiger charge is -2.14. The molecule has 0 aliphatic rings. The molecule has 0 radical (unpaired) electrons. The summed E-state index contributed by atoms with van der Waals surface area (Å²) in [6, 6.07) is 5.47. The van der Waals surface area contributed by atoms with Gasteiger partial charge in [-0.15, -0.1) is 0 Å². The first-order chi connectivity index (χ1) is 11.5. The lowest BCUT2D eigenvalue weighted by molar-refractivity contribution is 0.311. The largest absolute Gasteiger partial charge is 0.493 e. The molecule has 136 valence electrons. The average molecular weight is 357 g/mol. The fourth-order valence-electron chi connectivity index (χ4n) is 1.90. The van der Waals surface area contributed by atoms with Gasteiger partial charge in [-0.3, -0.25) is 4.99 Å². The van der Waals surface area contributed by atoms with Crippen LogP contribution < -0.4 is 20.1 Å².